The summed E-state index contributed by atoms with van der Waals surface area (Å²) in [6, 6.07) is 18.2. The summed E-state index contributed by atoms with van der Waals surface area (Å²) < 4.78 is 12.5. The van der Waals surface area contributed by atoms with Crippen LogP contribution in [0.15, 0.2) is 64.5 Å². The summed E-state index contributed by atoms with van der Waals surface area (Å²) >= 11 is 6.30. The molecule has 4 aromatic rings. The number of nitriles is 1. The second-order valence-electron chi connectivity index (χ2n) is 8.74. The highest BCUT2D eigenvalue weighted by atomic mass is 35.5. The molecule has 0 N–H and O–H groups in total. The van der Waals surface area contributed by atoms with Gasteiger partial charge in [-0.05, 0) is 78.9 Å². The molecular weight excluding hydrogens is 488 g/mol. The fraction of sp³-hybridized carbons (Fsp3) is 0.241. The second kappa shape index (κ2) is 11.3. The number of benzene rings is 3. The fourth-order valence-corrected chi connectivity index (χ4v) is 4.27. The molecule has 0 unspecified atom stereocenters. The Balaban J connectivity index is 1.89. The van der Waals surface area contributed by atoms with Gasteiger partial charge >= 0.3 is 0 Å². The molecule has 0 saturated carbocycles. The number of rotatable bonds is 8. The number of ether oxygens (including phenoxy) is 2. The van der Waals surface area contributed by atoms with Crippen LogP contribution in [0.3, 0.4) is 0 Å². The molecule has 0 bridgehead atoms. The number of aromatic nitrogens is 2. The van der Waals surface area contributed by atoms with Crippen LogP contribution in [0.5, 0.6) is 11.5 Å². The van der Waals surface area contributed by atoms with E-state index in [1.165, 1.54) is 4.68 Å². The Morgan fingerprint density at radius 2 is 1.92 bits per heavy atom. The minimum absolute atomic E-state index is 0.103. The zero-order valence-electron chi connectivity index (χ0n) is 21.2. The fourth-order valence-electron chi connectivity index (χ4n) is 4.02. The topological polar surface area (TPSA) is 89.5 Å². The van der Waals surface area contributed by atoms with Gasteiger partial charge in [-0.15, -0.1) is 0 Å². The van der Waals surface area contributed by atoms with E-state index < -0.39 is 0 Å². The van der Waals surface area contributed by atoms with E-state index in [9.17, 15) is 4.79 Å². The zero-order chi connectivity index (χ0) is 26.5. The lowest BCUT2D eigenvalue weighted by Gasteiger charge is -2.18. The van der Waals surface area contributed by atoms with Gasteiger partial charge < -0.3 is 9.47 Å². The molecule has 0 atom stereocenters. The number of hydrogen-bond acceptors (Lipinski definition) is 6. The molecule has 0 aliphatic rings. The first-order valence-electron chi connectivity index (χ1n) is 12.0. The summed E-state index contributed by atoms with van der Waals surface area (Å²) in [4.78, 5) is 18.4. The van der Waals surface area contributed by atoms with E-state index in [-0.39, 0.29) is 18.1 Å². The van der Waals surface area contributed by atoms with E-state index in [1.807, 2.05) is 44.2 Å². The van der Waals surface area contributed by atoms with Gasteiger partial charge in [0.15, 0.2) is 12.4 Å². The van der Waals surface area contributed by atoms with Gasteiger partial charge in [-0.25, -0.2) is 4.98 Å². The Morgan fingerprint density at radius 3 is 2.62 bits per heavy atom. The molecule has 0 aliphatic heterocycles. The summed E-state index contributed by atoms with van der Waals surface area (Å²) in [7, 11) is 0. The maximum Gasteiger partial charge on any atom is 0.282 e. The van der Waals surface area contributed by atoms with Crippen molar-refractivity contribution in [2.75, 3.05) is 13.2 Å². The third-order valence-corrected chi connectivity index (χ3v) is 6.14. The molecule has 0 amide bonds. The molecule has 0 radical (unpaired) electrons. The van der Waals surface area contributed by atoms with Crippen molar-refractivity contribution in [2.45, 2.75) is 33.6 Å². The number of halogens is 1. The van der Waals surface area contributed by atoms with Crippen molar-refractivity contribution in [1.82, 2.24) is 9.66 Å². The van der Waals surface area contributed by atoms with Crippen LogP contribution >= 0.6 is 11.6 Å². The van der Waals surface area contributed by atoms with Gasteiger partial charge in [0.25, 0.3) is 5.56 Å². The summed E-state index contributed by atoms with van der Waals surface area (Å²) in [6.45, 7) is 8.59. The van der Waals surface area contributed by atoms with Crippen molar-refractivity contribution < 1.29 is 9.47 Å². The molecule has 3 aromatic carbocycles. The van der Waals surface area contributed by atoms with Gasteiger partial charge in [0.2, 0.25) is 0 Å². The molecule has 1 heterocycles. The number of para-hydroxylation sites is 1. The lowest BCUT2D eigenvalue weighted by molar-refractivity contribution is 0.335. The molecule has 8 heteroatoms. The van der Waals surface area contributed by atoms with Crippen LogP contribution in [-0.2, 0) is 0 Å². The number of nitrogens with zero attached hydrogens (tertiary/aromatic N) is 4. The quantitative estimate of drug-likeness (QED) is 0.256. The van der Waals surface area contributed by atoms with Gasteiger partial charge in [0, 0.05) is 5.56 Å². The summed E-state index contributed by atoms with van der Waals surface area (Å²) in [5.41, 5.74) is 3.71. The first kappa shape index (κ1) is 25.9. The van der Waals surface area contributed by atoms with Crippen LogP contribution in [0, 0.1) is 18.3 Å². The zero-order valence-corrected chi connectivity index (χ0v) is 21.9. The van der Waals surface area contributed by atoms with Gasteiger partial charge in [-0.3, -0.25) is 4.79 Å². The standard InChI is InChI=1S/C29H27ClN4O3/c1-5-36-27-14-19(4)23(16-22(27)18(2)3)28-33-25-9-7-6-8-21(25)29(35)34(28)32-17-20-10-11-26(24(30)15-20)37-13-12-31/h6-11,14-18H,5,13H2,1-4H3. The number of aryl methyl sites for hydroxylation is 1. The Kier molecular flexibility index (Phi) is 7.90. The van der Waals surface area contributed by atoms with E-state index in [0.717, 1.165) is 22.4 Å². The predicted octanol–water partition coefficient (Wildman–Crippen LogP) is 6.33. The molecule has 0 fully saturated rings. The van der Waals surface area contributed by atoms with E-state index in [2.05, 4.69) is 18.9 Å². The number of hydrogen-bond donors (Lipinski definition) is 0. The van der Waals surface area contributed by atoms with Crippen molar-refractivity contribution >= 4 is 28.7 Å². The maximum absolute atomic E-state index is 13.6. The molecule has 188 valence electrons. The maximum atomic E-state index is 13.6. The molecule has 37 heavy (non-hydrogen) atoms. The van der Waals surface area contributed by atoms with Crippen LogP contribution < -0.4 is 15.0 Å². The SMILES string of the molecule is CCOc1cc(C)c(-c2nc3ccccc3c(=O)n2N=Cc2ccc(OCC#N)c(Cl)c2)cc1C(C)C. The summed E-state index contributed by atoms with van der Waals surface area (Å²) in [5.74, 6) is 1.86. The van der Waals surface area contributed by atoms with Crippen molar-refractivity contribution in [1.29, 1.82) is 5.26 Å². The Hall–Kier alpha value is -4.15. The first-order chi connectivity index (χ1) is 17.8. The molecular formula is C29H27ClN4O3. The van der Waals surface area contributed by atoms with Crippen LogP contribution in [0.2, 0.25) is 5.02 Å². The monoisotopic (exact) mass is 514 g/mol. The minimum atomic E-state index is -0.281. The van der Waals surface area contributed by atoms with Crippen LogP contribution in [0.25, 0.3) is 22.3 Å². The molecule has 1 aromatic heterocycles. The molecule has 0 aliphatic carbocycles. The average molecular weight is 515 g/mol. The van der Waals surface area contributed by atoms with E-state index >= 15 is 0 Å². The van der Waals surface area contributed by atoms with Crippen molar-refractivity contribution in [3.63, 3.8) is 0 Å². The molecule has 7 nitrogen and oxygen atoms in total. The summed E-state index contributed by atoms with van der Waals surface area (Å²) in [5, 5.41) is 14.1. The highest BCUT2D eigenvalue weighted by Crippen LogP contribution is 2.34. The van der Waals surface area contributed by atoms with Crippen molar-refractivity contribution in [3.05, 3.63) is 86.7 Å². The van der Waals surface area contributed by atoms with Crippen LogP contribution in [-0.4, -0.2) is 29.1 Å². The smallest absolute Gasteiger partial charge is 0.282 e. The third-order valence-electron chi connectivity index (χ3n) is 5.84. The average Bonchev–Trinajstić information content (AvgIpc) is 2.88. The van der Waals surface area contributed by atoms with Crippen molar-refractivity contribution in [3.8, 4) is 29.0 Å². The molecule has 0 saturated heterocycles. The lowest BCUT2D eigenvalue weighted by atomic mass is 9.96. The lowest BCUT2D eigenvalue weighted by Crippen LogP contribution is -2.20. The normalized spacial score (nSPS) is 11.3. The largest absolute Gasteiger partial charge is 0.494 e. The third kappa shape index (κ3) is 5.50. The van der Waals surface area contributed by atoms with Crippen LogP contribution in [0.4, 0.5) is 0 Å². The summed E-state index contributed by atoms with van der Waals surface area (Å²) in [6.07, 6.45) is 1.55. The van der Waals surface area contributed by atoms with E-state index in [0.29, 0.717) is 39.7 Å². The second-order valence-corrected chi connectivity index (χ2v) is 9.15. The van der Waals surface area contributed by atoms with Gasteiger partial charge in [0.05, 0.1) is 28.7 Å². The van der Waals surface area contributed by atoms with Crippen molar-refractivity contribution in [2.24, 2.45) is 5.10 Å². The highest BCUT2D eigenvalue weighted by Gasteiger charge is 2.18. The van der Waals surface area contributed by atoms with Crippen LogP contribution in [0.1, 0.15) is 43.4 Å². The molecule has 0 spiro atoms. The minimum Gasteiger partial charge on any atom is -0.494 e. The number of fused-ring (bicyclic) bond motifs is 1. The highest BCUT2D eigenvalue weighted by molar-refractivity contribution is 6.32. The van der Waals surface area contributed by atoms with E-state index in [4.69, 9.17) is 31.3 Å². The Morgan fingerprint density at radius 1 is 1.14 bits per heavy atom. The van der Waals surface area contributed by atoms with E-state index in [1.54, 1.807) is 36.5 Å². The Labute approximate surface area is 220 Å². The van der Waals surface area contributed by atoms with Gasteiger partial charge in [-0.1, -0.05) is 37.6 Å². The Bertz CT molecular complexity index is 1590. The first-order valence-corrected chi connectivity index (χ1v) is 12.3. The predicted molar refractivity (Wildman–Crippen MR) is 147 cm³/mol. The van der Waals surface area contributed by atoms with Gasteiger partial charge in [0.1, 0.15) is 17.6 Å². The van der Waals surface area contributed by atoms with Gasteiger partial charge in [-0.2, -0.15) is 15.0 Å². The molecule has 4 rings (SSSR count).